The maximum absolute atomic E-state index is 13.1. The van der Waals surface area contributed by atoms with Crippen molar-refractivity contribution in [3.8, 4) is 17.2 Å². The van der Waals surface area contributed by atoms with E-state index in [4.69, 9.17) is 14.2 Å². The van der Waals surface area contributed by atoms with Crippen LogP contribution in [0.5, 0.6) is 17.2 Å². The van der Waals surface area contributed by atoms with Crippen LogP contribution in [0.1, 0.15) is 22.3 Å². The lowest BCUT2D eigenvalue weighted by molar-refractivity contribution is 0.0984. The first-order valence-corrected chi connectivity index (χ1v) is 7.89. The average Bonchev–Trinajstić information content (AvgIpc) is 2.65. The van der Waals surface area contributed by atoms with Gasteiger partial charge in [-0.2, -0.15) is 0 Å². The minimum atomic E-state index is -0.0681. The van der Waals surface area contributed by atoms with E-state index < -0.39 is 0 Å². The van der Waals surface area contributed by atoms with Gasteiger partial charge in [0.15, 0.2) is 11.5 Å². The van der Waals surface area contributed by atoms with E-state index in [1.54, 1.807) is 44.4 Å². The predicted octanol–water partition coefficient (Wildman–Crippen LogP) is 3.31. The lowest BCUT2D eigenvalue weighted by Crippen LogP contribution is -2.35. The van der Waals surface area contributed by atoms with E-state index in [0.717, 1.165) is 29.8 Å². The molecule has 0 radical (unpaired) electrons. The zero-order valence-corrected chi connectivity index (χ0v) is 14.2. The Labute approximate surface area is 141 Å². The number of benzene rings is 2. The van der Waals surface area contributed by atoms with Gasteiger partial charge in [0.05, 0.1) is 27.0 Å². The number of hydrogen-bond acceptors (Lipinski definition) is 4. The monoisotopic (exact) mass is 327 g/mol. The van der Waals surface area contributed by atoms with Crippen molar-refractivity contribution in [2.75, 3.05) is 32.8 Å². The quantitative estimate of drug-likeness (QED) is 0.864. The summed E-state index contributed by atoms with van der Waals surface area (Å²) in [5, 5.41) is 0. The molecule has 0 unspecified atom stereocenters. The van der Waals surface area contributed by atoms with Crippen molar-refractivity contribution in [2.45, 2.75) is 12.8 Å². The van der Waals surface area contributed by atoms with Crippen LogP contribution in [0.25, 0.3) is 0 Å². The Morgan fingerprint density at radius 3 is 2.42 bits per heavy atom. The standard InChI is InChI=1S/C19H21NO4/c1-22-15-10-9-14(12-17(15)24-3)19(21)20-11-5-7-13-6-4-8-16(23-2)18(13)20/h4,6,8-10,12H,5,7,11H2,1-3H3. The number of carbonyl (C=O) groups excluding carboxylic acids is 1. The summed E-state index contributed by atoms with van der Waals surface area (Å²) in [5.74, 6) is 1.80. The second-order valence-electron chi connectivity index (χ2n) is 5.60. The minimum Gasteiger partial charge on any atom is -0.495 e. The number of ether oxygens (including phenoxy) is 3. The lowest BCUT2D eigenvalue weighted by Gasteiger charge is -2.31. The fraction of sp³-hybridized carbons (Fsp3) is 0.316. The molecule has 1 aliphatic rings. The van der Waals surface area contributed by atoms with E-state index in [-0.39, 0.29) is 5.91 Å². The first-order valence-electron chi connectivity index (χ1n) is 7.89. The topological polar surface area (TPSA) is 48.0 Å². The molecule has 1 aliphatic heterocycles. The Morgan fingerprint density at radius 2 is 1.71 bits per heavy atom. The number of amides is 1. The van der Waals surface area contributed by atoms with Gasteiger partial charge in [0.2, 0.25) is 0 Å². The van der Waals surface area contributed by atoms with Gasteiger partial charge in [-0.15, -0.1) is 0 Å². The Kier molecular flexibility index (Phi) is 4.60. The van der Waals surface area contributed by atoms with Gasteiger partial charge in [-0.25, -0.2) is 0 Å². The van der Waals surface area contributed by atoms with Crippen LogP contribution in [0.4, 0.5) is 5.69 Å². The highest BCUT2D eigenvalue weighted by Gasteiger charge is 2.27. The highest BCUT2D eigenvalue weighted by Crippen LogP contribution is 2.37. The van der Waals surface area contributed by atoms with Crippen LogP contribution >= 0.6 is 0 Å². The van der Waals surface area contributed by atoms with Crippen molar-refractivity contribution in [2.24, 2.45) is 0 Å². The maximum atomic E-state index is 13.1. The summed E-state index contributed by atoms with van der Waals surface area (Å²) in [6, 6.07) is 11.1. The summed E-state index contributed by atoms with van der Waals surface area (Å²) in [7, 11) is 4.76. The van der Waals surface area contributed by atoms with Gasteiger partial charge in [-0.1, -0.05) is 12.1 Å². The summed E-state index contributed by atoms with van der Waals surface area (Å²) < 4.78 is 16.0. The van der Waals surface area contributed by atoms with Crippen LogP contribution in [0.2, 0.25) is 0 Å². The van der Waals surface area contributed by atoms with Crippen molar-refractivity contribution in [3.63, 3.8) is 0 Å². The molecule has 0 aromatic heterocycles. The molecule has 0 bridgehead atoms. The maximum Gasteiger partial charge on any atom is 0.258 e. The van der Waals surface area contributed by atoms with E-state index in [9.17, 15) is 4.79 Å². The van der Waals surface area contributed by atoms with Crippen molar-refractivity contribution in [3.05, 3.63) is 47.5 Å². The third-order valence-electron chi connectivity index (χ3n) is 4.28. The molecule has 2 aromatic carbocycles. The zero-order valence-electron chi connectivity index (χ0n) is 14.2. The summed E-state index contributed by atoms with van der Waals surface area (Å²) in [6.45, 7) is 0.667. The van der Waals surface area contributed by atoms with Gasteiger partial charge in [0, 0.05) is 12.1 Å². The number of aryl methyl sites for hydroxylation is 1. The molecule has 1 amide bonds. The third kappa shape index (κ3) is 2.77. The molecule has 2 aromatic rings. The van der Waals surface area contributed by atoms with Gasteiger partial charge >= 0.3 is 0 Å². The number of hydrogen-bond donors (Lipinski definition) is 0. The minimum absolute atomic E-state index is 0.0681. The molecular weight excluding hydrogens is 306 g/mol. The molecule has 0 aliphatic carbocycles. The Morgan fingerprint density at radius 1 is 0.958 bits per heavy atom. The highest BCUT2D eigenvalue weighted by atomic mass is 16.5. The molecule has 0 fully saturated rings. The zero-order chi connectivity index (χ0) is 17.1. The van der Waals surface area contributed by atoms with Gasteiger partial charge in [0.1, 0.15) is 5.75 Å². The van der Waals surface area contributed by atoms with Crippen LogP contribution in [0.15, 0.2) is 36.4 Å². The van der Waals surface area contributed by atoms with Crippen LogP contribution in [-0.2, 0) is 6.42 Å². The van der Waals surface area contributed by atoms with Crippen molar-refractivity contribution >= 4 is 11.6 Å². The number of methoxy groups -OCH3 is 3. The van der Waals surface area contributed by atoms with Crippen molar-refractivity contribution in [1.82, 2.24) is 0 Å². The van der Waals surface area contributed by atoms with Crippen LogP contribution in [-0.4, -0.2) is 33.8 Å². The fourth-order valence-electron chi connectivity index (χ4n) is 3.11. The molecule has 126 valence electrons. The molecule has 0 atom stereocenters. The largest absolute Gasteiger partial charge is 0.495 e. The molecule has 24 heavy (non-hydrogen) atoms. The molecule has 0 N–H and O–H groups in total. The molecule has 5 heteroatoms. The van der Waals surface area contributed by atoms with Gasteiger partial charge in [0.25, 0.3) is 5.91 Å². The molecule has 1 heterocycles. The normalized spacial score (nSPS) is 13.2. The number of para-hydroxylation sites is 1. The van der Waals surface area contributed by atoms with E-state index >= 15 is 0 Å². The molecule has 3 rings (SSSR count). The number of nitrogens with zero attached hydrogens (tertiary/aromatic N) is 1. The number of anilines is 1. The van der Waals surface area contributed by atoms with Crippen LogP contribution in [0.3, 0.4) is 0 Å². The van der Waals surface area contributed by atoms with Crippen LogP contribution < -0.4 is 19.1 Å². The van der Waals surface area contributed by atoms with Crippen LogP contribution in [0, 0.1) is 0 Å². The van der Waals surface area contributed by atoms with E-state index in [0.29, 0.717) is 23.6 Å². The summed E-state index contributed by atoms with van der Waals surface area (Å²) in [5.41, 5.74) is 2.56. The Hall–Kier alpha value is -2.69. The van der Waals surface area contributed by atoms with Gasteiger partial charge in [-0.05, 0) is 42.7 Å². The van der Waals surface area contributed by atoms with Crippen molar-refractivity contribution < 1.29 is 19.0 Å². The van der Waals surface area contributed by atoms with E-state index in [1.165, 1.54) is 0 Å². The molecule has 5 nitrogen and oxygen atoms in total. The fourth-order valence-corrected chi connectivity index (χ4v) is 3.11. The first kappa shape index (κ1) is 16.2. The Balaban J connectivity index is 2.01. The summed E-state index contributed by atoms with van der Waals surface area (Å²) in [4.78, 5) is 14.9. The smallest absolute Gasteiger partial charge is 0.258 e. The molecule has 0 saturated heterocycles. The molecule has 0 saturated carbocycles. The lowest BCUT2D eigenvalue weighted by atomic mass is 10.00. The molecular formula is C19H21NO4. The number of fused-ring (bicyclic) bond motifs is 1. The van der Waals surface area contributed by atoms with E-state index in [2.05, 4.69) is 0 Å². The summed E-state index contributed by atoms with van der Waals surface area (Å²) in [6.07, 6.45) is 1.88. The van der Waals surface area contributed by atoms with Gasteiger partial charge < -0.3 is 19.1 Å². The summed E-state index contributed by atoms with van der Waals surface area (Å²) >= 11 is 0. The first-order chi connectivity index (χ1) is 11.7. The van der Waals surface area contributed by atoms with E-state index in [1.807, 2.05) is 18.2 Å². The highest BCUT2D eigenvalue weighted by molar-refractivity contribution is 6.08. The van der Waals surface area contributed by atoms with Gasteiger partial charge in [-0.3, -0.25) is 4.79 Å². The second kappa shape index (κ2) is 6.83. The van der Waals surface area contributed by atoms with Crippen molar-refractivity contribution in [1.29, 1.82) is 0 Å². The molecule has 0 spiro atoms. The third-order valence-corrected chi connectivity index (χ3v) is 4.28. The number of rotatable bonds is 4. The Bertz CT molecular complexity index is 743. The average molecular weight is 327 g/mol. The number of carbonyl (C=O) groups is 1. The second-order valence-corrected chi connectivity index (χ2v) is 5.60. The SMILES string of the molecule is COc1ccc(C(=O)N2CCCc3cccc(OC)c32)cc1OC. The predicted molar refractivity (Wildman–Crippen MR) is 92.5 cm³/mol.